The molecule has 13 nitrogen and oxygen atoms in total. The SMILES string of the molecule is Cc1cn(C2OC(CO[Si](C)(C)C(C)(C)C)C3(OS(=O)(=O)C=C3NCCC(N)=O)C2O[Si](C)(C)C(C)(C)C)c(=O)n(C)c1=O. The van der Waals surface area contributed by atoms with Gasteiger partial charge in [0.2, 0.25) is 5.91 Å². The summed E-state index contributed by atoms with van der Waals surface area (Å²) in [7, 11) is -8.06. The minimum Gasteiger partial charge on any atom is -0.414 e. The van der Waals surface area contributed by atoms with Gasteiger partial charge in [-0.05, 0) is 43.2 Å². The van der Waals surface area contributed by atoms with E-state index in [0.29, 0.717) is 0 Å². The number of carbonyl (C=O) groups excluding carboxylic acids is 1. The number of rotatable bonds is 10. The van der Waals surface area contributed by atoms with E-state index in [1.54, 1.807) is 6.92 Å². The van der Waals surface area contributed by atoms with E-state index in [2.05, 4.69) is 39.2 Å². The average Bonchev–Trinajstić information content (AvgIpc) is 3.29. The highest BCUT2D eigenvalue weighted by Gasteiger charge is 2.68. The number of aryl methyl sites for hydroxylation is 1. The van der Waals surface area contributed by atoms with E-state index in [9.17, 15) is 22.8 Å². The summed E-state index contributed by atoms with van der Waals surface area (Å²) < 4.78 is 55.0. The first-order chi connectivity index (χ1) is 19.8. The topological polar surface area (TPSA) is 170 Å². The molecule has 1 amide bonds. The molecule has 3 rings (SSSR count). The number of ether oxygens (including phenoxy) is 1. The average molecular weight is 675 g/mol. The fraction of sp³-hybridized carbons (Fsp3) is 0.750. The lowest BCUT2D eigenvalue weighted by Crippen LogP contribution is -2.60. The van der Waals surface area contributed by atoms with Crippen LogP contribution in [0.1, 0.15) is 59.8 Å². The Morgan fingerprint density at radius 2 is 1.66 bits per heavy atom. The van der Waals surface area contributed by atoms with Gasteiger partial charge in [0.1, 0.15) is 12.2 Å². The Morgan fingerprint density at radius 3 is 2.18 bits per heavy atom. The number of primary amides is 1. The van der Waals surface area contributed by atoms with Crippen LogP contribution in [0.4, 0.5) is 0 Å². The molecule has 16 heteroatoms. The van der Waals surface area contributed by atoms with Crippen LogP contribution in [0.5, 0.6) is 0 Å². The Kier molecular flexibility index (Phi) is 9.87. The molecule has 4 unspecified atom stereocenters. The molecule has 44 heavy (non-hydrogen) atoms. The minimum absolute atomic E-state index is 0.0218. The molecule has 0 bridgehead atoms. The monoisotopic (exact) mass is 674 g/mol. The number of hydrogen-bond acceptors (Lipinski definition) is 10. The van der Waals surface area contributed by atoms with Crippen molar-refractivity contribution in [2.75, 3.05) is 13.2 Å². The molecule has 2 aliphatic rings. The smallest absolute Gasteiger partial charge is 0.332 e. The van der Waals surface area contributed by atoms with Crippen molar-refractivity contribution in [2.45, 2.75) is 115 Å². The van der Waals surface area contributed by atoms with Crippen LogP contribution in [0.3, 0.4) is 0 Å². The van der Waals surface area contributed by atoms with Crippen LogP contribution in [-0.4, -0.2) is 71.1 Å². The highest BCUT2D eigenvalue weighted by atomic mass is 32.2. The number of nitrogens with zero attached hydrogens (tertiary/aromatic N) is 2. The van der Waals surface area contributed by atoms with Gasteiger partial charge < -0.3 is 24.6 Å². The molecule has 3 N–H and O–H groups in total. The number of nitrogens with one attached hydrogen (secondary N) is 1. The second kappa shape index (κ2) is 11.9. The van der Waals surface area contributed by atoms with E-state index in [4.69, 9.17) is 23.5 Å². The molecule has 1 aromatic heterocycles. The van der Waals surface area contributed by atoms with Gasteiger partial charge in [-0.2, -0.15) is 8.42 Å². The minimum atomic E-state index is -4.29. The third-order valence-electron chi connectivity index (χ3n) is 9.47. The van der Waals surface area contributed by atoms with Crippen LogP contribution < -0.4 is 22.3 Å². The van der Waals surface area contributed by atoms with Crippen molar-refractivity contribution >= 4 is 32.7 Å². The highest BCUT2D eigenvalue weighted by Crippen LogP contribution is 2.52. The van der Waals surface area contributed by atoms with Gasteiger partial charge in [-0.3, -0.25) is 18.7 Å². The highest BCUT2D eigenvalue weighted by molar-refractivity contribution is 7.90. The van der Waals surface area contributed by atoms with Gasteiger partial charge >= 0.3 is 5.69 Å². The standard InChI is InChI=1S/C28H50N4O9SSi2/c1-18-15-32(25(35)31(8)23(18)34)24-22(40-44(11,12)27(5,6)7)28(20(39-24)16-38-43(9,10)26(2,3)4)19(17-42(36,37)41-28)30-14-13-21(29)33/h15,17,20,22,24,30H,13-14,16H2,1-12H3,(H2,29,33). The molecule has 2 aliphatic heterocycles. The molecule has 0 aliphatic carbocycles. The Bertz CT molecular complexity index is 1540. The first-order valence-electron chi connectivity index (χ1n) is 14.7. The van der Waals surface area contributed by atoms with Gasteiger partial charge in [0.25, 0.3) is 15.7 Å². The van der Waals surface area contributed by atoms with E-state index < -0.39 is 67.9 Å². The van der Waals surface area contributed by atoms with Gasteiger partial charge in [-0.1, -0.05) is 41.5 Å². The quantitative estimate of drug-likeness (QED) is 0.278. The summed E-state index contributed by atoms with van der Waals surface area (Å²) in [6.45, 7) is 22.0. The van der Waals surface area contributed by atoms with Gasteiger partial charge in [-0.25, -0.2) is 8.98 Å². The Hall–Kier alpha value is -2.09. The van der Waals surface area contributed by atoms with E-state index in [1.165, 1.54) is 17.8 Å². The van der Waals surface area contributed by atoms with Crippen LogP contribution in [0.2, 0.25) is 36.3 Å². The molecule has 0 aromatic carbocycles. The van der Waals surface area contributed by atoms with Gasteiger partial charge in [0, 0.05) is 31.8 Å². The third-order valence-corrected chi connectivity index (χ3v) is 19.5. The molecular formula is C28H50N4O9SSi2. The summed E-state index contributed by atoms with van der Waals surface area (Å²) in [5.74, 6) is -0.575. The summed E-state index contributed by atoms with van der Waals surface area (Å²) in [4.78, 5) is 37.8. The summed E-state index contributed by atoms with van der Waals surface area (Å²) >= 11 is 0. The van der Waals surface area contributed by atoms with Gasteiger partial charge in [0.15, 0.2) is 28.5 Å². The molecular weight excluding hydrogens is 625 g/mol. The summed E-state index contributed by atoms with van der Waals surface area (Å²) in [5, 5.41) is 3.51. The van der Waals surface area contributed by atoms with E-state index in [1.807, 2.05) is 33.9 Å². The Morgan fingerprint density at radius 1 is 1.09 bits per heavy atom. The second-order valence-corrected chi connectivity index (χ2v) is 25.7. The molecule has 1 fully saturated rings. The number of amides is 1. The third kappa shape index (κ3) is 6.85. The molecule has 4 atom stereocenters. The number of carbonyl (C=O) groups is 1. The second-order valence-electron chi connectivity index (χ2n) is 14.8. The van der Waals surface area contributed by atoms with Crippen molar-refractivity contribution in [1.82, 2.24) is 14.5 Å². The zero-order valence-corrected chi connectivity index (χ0v) is 30.9. The lowest BCUT2D eigenvalue weighted by molar-refractivity contribution is -0.117. The fourth-order valence-corrected chi connectivity index (χ4v) is 8.26. The van der Waals surface area contributed by atoms with Crippen LogP contribution in [0.15, 0.2) is 26.9 Å². The lowest BCUT2D eigenvalue weighted by atomic mass is 9.89. The molecule has 1 spiro atoms. The molecule has 0 radical (unpaired) electrons. The summed E-state index contributed by atoms with van der Waals surface area (Å²) in [6, 6.07) is 0. The van der Waals surface area contributed by atoms with Crippen molar-refractivity contribution in [3.63, 3.8) is 0 Å². The van der Waals surface area contributed by atoms with Crippen molar-refractivity contribution in [1.29, 1.82) is 0 Å². The molecule has 250 valence electrons. The summed E-state index contributed by atoms with van der Waals surface area (Å²) in [6.07, 6.45) is -2.14. The van der Waals surface area contributed by atoms with Crippen molar-refractivity contribution in [2.24, 2.45) is 12.8 Å². The van der Waals surface area contributed by atoms with Crippen molar-refractivity contribution in [3.05, 3.63) is 43.7 Å². The van der Waals surface area contributed by atoms with E-state index in [0.717, 1.165) is 9.98 Å². The Labute approximate surface area is 262 Å². The number of hydrogen-bond donors (Lipinski definition) is 2. The predicted molar refractivity (Wildman–Crippen MR) is 172 cm³/mol. The molecule has 1 aromatic rings. The largest absolute Gasteiger partial charge is 0.414 e. The maximum absolute atomic E-state index is 13.6. The van der Waals surface area contributed by atoms with Crippen LogP contribution >= 0.6 is 0 Å². The maximum atomic E-state index is 13.6. The summed E-state index contributed by atoms with van der Waals surface area (Å²) in [5.41, 5.74) is 2.83. The Balaban J connectivity index is 2.33. The van der Waals surface area contributed by atoms with Crippen LogP contribution in [-0.2, 0) is 39.7 Å². The van der Waals surface area contributed by atoms with Crippen LogP contribution in [0, 0.1) is 6.92 Å². The lowest BCUT2D eigenvalue weighted by Gasteiger charge is -2.44. The number of nitrogens with two attached hydrogens (primary N) is 1. The number of aromatic nitrogens is 2. The van der Waals surface area contributed by atoms with E-state index >= 15 is 0 Å². The van der Waals surface area contributed by atoms with Crippen LogP contribution in [0.25, 0.3) is 0 Å². The maximum Gasteiger partial charge on any atom is 0.332 e. The zero-order valence-electron chi connectivity index (χ0n) is 28.1. The first-order valence-corrected chi connectivity index (χ1v) is 22.0. The predicted octanol–water partition coefficient (Wildman–Crippen LogP) is 2.57. The van der Waals surface area contributed by atoms with Gasteiger partial charge in [0.05, 0.1) is 17.7 Å². The molecule has 1 saturated heterocycles. The van der Waals surface area contributed by atoms with Crippen molar-refractivity contribution in [3.8, 4) is 0 Å². The zero-order chi connectivity index (χ0) is 33.8. The molecule has 3 heterocycles. The molecule has 0 saturated carbocycles. The normalized spacial score (nSPS) is 25.8. The fourth-order valence-electron chi connectivity index (χ4n) is 4.70. The van der Waals surface area contributed by atoms with Crippen molar-refractivity contribution < 1.29 is 31.0 Å². The van der Waals surface area contributed by atoms with Gasteiger partial charge in [-0.15, -0.1) is 0 Å². The van der Waals surface area contributed by atoms with E-state index in [-0.39, 0.29) is 40.9 Å². The first kappa shape index (κ1) is 36.4.